The molecule has 1 unspecified atom stereocenters. The Labute approximate surface area is 150 Å². The molecule has 3 heteroatoms. The van der Waals surface area contributed by atoms with Crippen LogP contribution in [0.2, 0.25) is 0 Å². The van der Waals surface area contributed by atoms with Gasteiger partial charge in [-0.2, -0.15) is 0 Å². The normalized spacial score (nSPS) is 18.1. The number of unbranched alkanes of at least 4 members (excludes halogenated alkanes) is 12. The lowest BCUT2D eigenvalue weighted by atomic mass is 10.0. The van der Waals surface area contributed by atoms with Crippen LogP contribution in [0.25, 0.3) is 0 Å². The van der Waals surface area contributed by atoms with Gasteiger partial charge < -0.3 is 10.2 Å². The number of hydrogen-bond acceptors (Lipinski definition) is 3. The van der Waals surface area contributed by atoms with Crippen molar-refractivity contribution in [3.63, 3.8) is 0 Å². The van der Waals surface area contributed by atoms with Gasteiger partial charge in [-0.1, -0.05) is 84.0 Å². The summed E-state index contributed by atoms with van der Waals surface area (Å²) in [6.07, 6.45) is 21.4. The van der Waals surface area contributed by atoms with Crippen molar-refractivity contribution in [1.29, 1.82) is 0 Å². The number of aliphatic hydroxyl groups excluding tert-OH is 1. The van der Waals surface area contributed by atoms with Crippen LogP contribution in [0.4, 0.5) is 0 Å². The van der Waals surface area contributed by atoms with E-state index in [0.717, 1.165) is 38.5 Å². The molecule has 0 aromatic heterocycles. The molecule has 1 saturated carbocycles. The van der Waals surface area contributed by atoms with E-state index in [0.29, 0.717) is 0 Å². The van der Waals surface area contributed by atoms with Gasteiger partial charge in [-0.25, -0.2) is 0 Å². The van der Waals surface area contributed by atoms with E-state index in [1.165, 1.54) is 77.0 Å². The molecule has 0 aromatic carbocycles. The van der Waals surface area contributed by atoms with E-state index in [1.807, 2.05) is 0 Å². The van der Waals surface area contributed by atoms with Gasteiger partial charge in [0.25, 0.3) is 0 Å². The van der Waals surface area contributed by atoms with Gasteiger partial charge >= 0.3 is 0 Å². The third-order valence-corrected chi connectivity index (χ3v) is 5.45. The minimum Gasteiger partial charge on any atom is -0.379 e. The van der Waals surface area contributed by atoms with Crippen LogP contribution in [0, 0.1) is 0 Å². The molecule has 3 nitrogen and oxygen atoms in total. The van der Waals surface area contributed by atoms with Crippen molar-refractivity contribution in [2.24, 2.45) is 0 Å². The smallest absolute Gasteiger partial charge is 0.117 e. The SMILES string of the molecule is CCCCCCCCCCCCCCCC(O)NC1(O)CCCC1. The van der Waals surface area contributed by atoms with E-state index in [9.17, 15) is 10.2 Å². The van der Waals surface area contributed by atoms with Crippen LogP contribution < -0.4 is 5.32 Å². The Kier molecular flexibility index (Phi) is 12.9. The second kappa shape index (κ2) is 14.1. The van der Waals surface area contributed by atoms with Crippen molar-refractivity contribution in [2.75, 3.05) is 0 Å². The molecule has 0 radical (unpaired) electrons. The zero-order chi connectivity index (χ0) is 17.5. The topological polar surface area (TPSA) is 52.5 Å². The van der Waals surface area contributed by atoms with E-state index in [2.05, 4.69) is 12.2 Å². The molecule has 0 saturated heterocycles. The second-order valence-corrected chi connectivity index (χ2v) is 7.93. The largest absolute Gasteiger partial charge is 0.379 e. The summed E-state index contributed by atoms with van der Waals surface area (Å²) in [6, 6.07) is 0. The van der Waals surface area contributed by atoms with Gasteiger partial charge in [-0.05, 0) is 38.5 Å². The maximum atomic E-state index is 10.2. The molecular weight excluding hydrogens is 298 g/mol. The van der Waals surface area contributed by atoms with Crippen LogP contribution in [0.3, 0.4) is 0 Å². The summed E-state index contributed by atoms with van der Waals surface area (Å²) in [7, 11) is 0. The molecule has 1 atom stereocenters. The van der Waals surface area contributed by atoms with Crippen molar-refractivity contribution in [3.8, 4) is 0 Å². The van der Waals surface area contributed by atoms with Crippen LogP contribution in [0.5, 0.6) is 0 Å². The molecule has 0 bridgehead atoms. The Balaban J connectivity index is 1.78. The highest BCUT2D eigenvalue weighted by atomic mass is 16.3. The molecular formula is C21H43NO2. The summed E-state index contributed by atoms with van der Waals surface area (Å²) in [4.78, 5) is 0. The fourth-order valence-corrected chi connectivity index (χ4v) is 3.84. The minimum atomic E-state index is -0.796. The Morgan fingerprint density at radius 1 is 0.750 bits per heavy atom. The first-order valence-electron chi connectivity index (χ1n) is 10.8. The summed E-state index contributed by atoms with van der Waals surface area (Å²) < 4.78 is 0. The predicted molar refractivity (Wildman–Crippen MR) is 103 cm³/mol. The number of hydrogen-bond donors (Lipinski definition) is 3. The van der Waals surface area contributed by atoms with Crippen LogP contribution in [0.1, 0.15) is 122 Å². The number of rotatable bonds is 16. The fraction of sp³-hybridized carbons (Fsp3) is 1.00. The van der Waals surface area contributed by atoms with Gasteiger partial charge in [0, 0.05) is 0 Å². The number of aliphatic hydroxyl groups is 2. The molecule has 3 N–H and O–H groups in total. The first-order valence-corrected chi connectivity index (χ1v) is 10.8. The van der Waals surface area contributed by atoms with E-state index >= 15 is 0 Å². The van der Waals surface area contributed by atoms with Gasteiger partial charge in [0.05, 0.1) is 0 Å². The lowest BCUT2D eigenvalue weighted by Gasteiger charge is -2.27. The maximum Gasteiger partial charge on any atom is 0.117 e. The van der Waals surface area contributed by atoms with Gasteiger partial charge in [0.2, 0.25) is 0 Å². The zero-order valence-corrected chi connectivity index (χ0v) is 16.2. The summed E-state index contributed by atoms with van der Waals surface area (Å²) in [5.41, 5.74) is -0.796. The molecule has 0 aliphatic heterocycles. The molecule has 1 rings (SSSR count). The zero-order valence-electron chi connectivity index (χ0n) is 16.2. The van der Waals surface area contributed by atoms with E-state index in [4.69, 9.17) is 0 Å². The third kappa shape index (κ3) is 11.4. The van der Waals surface area contributed by atoms with E-state index < -0.39 is 12.0 Å². The summed E-state index contributed by atoms with van der Waals surface area (Å²) >= 11 is 0. The molecule has 24 heavy (non-hydrogen) atoms. The molecule has 0 heterocycles. The molecule has 144 valence electrons. The lowest BCUT2D eigenvalue weighted by molar-refractivity contribution is -0.0441. The highest BCUT2D eigenvalue weighted by Gasteiger charge is 2.32. The molecule has 1 aliphatic carbocycles. The van der Waals surface area contributed by atoms with Gasteiger partial charge in [-0.15, -0.1) is 0 Å². The van der Waals surface area contributed by atoms with Gasteiger partial charge in [0.15, 0.2) is 0 Å². The molecule has 0 aromatic rings. The standard InChI is InChI=1S/C21H43NO2/c1-2-3-4-5-6-7-8-9-10-11-12-13-14-17-20(23)22-21(24)18-15-16-19-21/h20,22-24H,2-19H2,1H3. The maximum absolute atomic E-state index is 10.2. The van der Waals surface area contributed by atoms with Crippen molar-refractivity contribution < 1.29 is 10.2 Å². The van der Waals surface area contributed by atoms with Gasteiger partial charge in [0.1, 0.15) is 12.0 Å². The highest BCUT2D eigenvalue weighted by Crippen LogP contribution is 2.27. The van der Waals surface area contributed by atoms with Crippen molar-refractivity contribution in [3.05, 3.63) is 0 Å². The molecule has 0 spiro atoms. The van der Waals surface area contributed by atoms with Crippen molar-refractivity contribution >= 4 is 0 Å². The Bertz CT molecular complexity index is 277. The molecule has 0 amide bonds. The fourth-order valence-electron chi connectivity index (χ4n) is 3.84. The van der Waals surface area contributed by atoms with Crippen molar-refractivity contribution in [2.45, 2.75) is 134 Å². The van der Waals surface area contributed by atoms with Crippen LogP contribution in [-0.4, -0.2) is 22.2 Å². The van der Waals surface area contributed by atoms with E-state index in [1.54, 1.807) is 0 Å². The van der Waals surface area contributed by atoms with Crippen LogP contribution >= 0.6 is 0 Å². The average molecular weight is 342 g/mol. The van der Waals surface area contributed by atoms with E-state index in [-0.39, 0.29) is 0 Å². The van der Waals surface area contributed by atoms with Crippen molar-refractivity contribution in [1.82, 2.24) is 5.32 Å². The molecule has 1 fully saturated rings. The summed E-state index contributed by atoms with van der Waals surface area (Å²) in [6.45, 7) is 2.27. The predicted octanol–water partition coefficient (Wildman–Crippen LogP) is 5.64. The monoisotopic (exact) mass is 341 g/mol. The highest BCUT2D eigenvalue weighted by molar-refractivity contribution is 4.82. The Morgan fingerprint density at radius 3 is 1.62 bits per heavy atom. The third-order valence-electron chi connectivity index (χ3n) is 5.45. The average Bonchev–Trinajstić information content (AvgIpc) is 2.98. The van der Waals surface area contributed by atoms with Crippen LogP contribution in [0.15, 0.2) is 0 Å². The summed E-state index contributed by atoms with van der Waals surface area (Å²) in [5.74, 6) is 0. The quantitative estimate of drug-likeness (QED) is 0.251. The van der Waals surface area contributed by atoms with Gasteiger partial charge in [-0.3, -0.25) is 5.32 Å². The first kappa shape index (κ1) is 21.9. The Morgan fingerprint density at radius 2 is 1.17 bits per heavy atom. The first-order chi connectivity index (χ1) is 11.7. The number of nitrogens with one attached hydrogen (secondary N) is 1. The van der Waals surface area contributed by atoms with Crippen LogP contribution in [-0.2, 0) is 0 Å². The lowest BCUT2D eigenvalue weighted by Crippen LogP contribution is -2.48. The minimum absolute atomic E-state index is 0.541. The second-order valence-electron chi connectivity index (χ2n) is 7.93. The molecule has 1 aliphatic rings. The summed E-state index contributed by atoms with van der Waals surface area (Å²) in [5, 5.41) is 23.2. The Hall–Kier alpha value is -0.120.